The van der Waals surface area contributed by atoms with Gasteiger partial charge in [-0.15, -0.1) is 0 Å². The van der Waals surface area contributed by atoms with Gasteiger partial charge in [0.1, 0.15) is 0 Å². The van der Waals surface area contributed by atoms with Crippen LogP contribution in [0.1, 0.15) is 16.1 Å². The molecular formula is C12H9N3O2. The van der Waals surface area contributed by atoms with Gasteiger partial charge in [0.05, 0.1) is 24.4 Å². The monoisotopic (exact) mass is 227 g/mol. The lowest BCUT2D eigenvalue weighted by atomic mass is 10.2. The van der Waals surface area contributed by atoms with Crippen molar-refractivity contribution in [2.75, 3.05) is 7.11 Å². The minimum atomic E-state index is -0.475. The van der Waals surface area contributed by atoms with Gasteiger partial charge >= 0.3 is 5.97 Å². The lowest BCUT2D eigenvalue weighted by Gasteiger charge is -2.00. The van der Waals surface area contributed by atoms with Gasteiger partial charge in [-0.1, -0.05) is 0 Å². The van der Waals surface area contributed by atoms with E-state index in [1.807, 2.05) is 6.07 Å². The lowest BCUT2D eigenvalue weighted by Crippen LogP contribution is -2.03. The molecule has 0 N–H and O–H groups in total. The van der Waals surface area contributed by atoms with Crippen LogP contribution in [0.2, 0.25) is 0 Å². The number of hydrogen-bond donors (Lipinski definition) is 0. The molecule has 84 valence electrons. The van der Waals surface area contributed by atoms with E-state index in [9.17, 15) is 4.79 Å². The molecule has 0 aliphatic heterocycles. The minimum absolute atomic E-state index is 0.247. The molecular weight excluding hydrogens is 218 g/mol. The summed E-state index contributed by atoms with van der Waals surface area (Å²) in [4.78, 5) is 11.2. The number of nitriles is 1. The highest BCUT2D eigenvalue weighted by molar-refractivity contribution is 5.86. The van der Waals surface area contributed by atoms with Gasteiger partial charge in [0, 0.05) is 6.20 Å². The second kappa shape index (κ2) is 4.49. The molecule has 0 aliphatic carbocycles. The smallest absolute Gasteiger partial charge is 0.358 e. The number of carbonyl (C=O) groups is 1. The first-order valence-electron chi connectivity index (χ1n) is 4.89. The average Bonchev–Trinajstić information content (AvgIpc) is 2.87. The summed E-state index contributed by atoms with van der Waals surface area (Å²) >= 11 is 0. The van der Waals surface area contributed by atoms with Crippen molar-refractivity contribution >= 4 is 5.97 Å². The zero-order chi connectivity index (χ0) is 12.3. The Hall–Kier alpha value is -2.61. The van der Waals surface area contributed by atoms with E-state index in [2.05, 4.69) is 9.84 Å². The van der Waals surface area contributed by atoms with Crippen LogP contribution in [0.4, 0.5) is 0 Å². The van der Waals surface area contributed by atoms with Crippen molar-refractivity contribution in [2.45, 2.75) is 0 Å². The van der Waals surface area contributed by atoms with Gasteiger partial charge in [0.25, 0.3) is 0 Å². The van der Waals surface area contributed by atoms with Crippen molar-refractivity contribution < 1.29 is 9.53 Å². The first-order valence-corrected chi connectivity index (χ1v) is 4.89. The first-order chi connectivity index (χ1) is 8.24. The average molecular weight is 227 g/mol. The Kier molecular flexibility index (Phi) is 2.88. The zero-order valence-corrected chi connectivity index (χ0v) is 9.12. The largest absolute Gasteiger partial charge is 0.464 e. The van der Waals surface area contributed by atoms with E-state index >= 15 is 0 Å². The fraction of sp³-hybridized carbons (Fsp3) is 0.0833. The van der Waals surface area contributed by atoms with E-state index in [0.29, 0.717) is 5.56 Å². The molecule has 17 heavy (non-hydrogen) atoms. The number of esters is 1. The molecule has 1 aromatic carbocycles. The molecule has 1 aromatic heterocycles. The summed E-state index contributed by atoms with van der Waals surface area (Å²) in [5.41, 5.74) is 1.60. The van der Waals surface area contributed by atoms with Crippen LogP contribution in [0, 0.1) is 11.3 Å². The molecule has 0 amide bonds. The molecule has 0 fully saturated rings. The molecule has 0 saturated heterocycles. The predicted octanol–water partition coefficient (Wildman–Crippen LogP) is 1.53. The van der Waals surface area contributed by atoms with Gasteiger partial charge in [-0.05, 0) is 30.3 Å². The van der Waals surface area contributed by atoms with E-state index in [0.717, 1.165) is 5.69 Å². The maximum atomic E-state index is 11.2. The Morgan fingerprint density at radius 1 is 1.35 bits per heavy atom. The normalized spacial score (nSPS) is 9.65. The van der Waals surface area contributed by atoms with Gasteiger partial charge in [-0.25, -0.2) is 9.48 Å². The van der Waals surface area contributed by atoms with Crippen LogP contribution in [-0.2, 0) is 4.74 Å². The molecule has 0 saturated carbocycles. The van der Waals surface area contributed by atoms with Crippen LogP contribution in [-0.4, -0.2) is 22.9 Å². The molecule has 0 aliphatic rings. The van der Waals surface area contributed by atoms with Crippen molar-refractivity contribution in [3.05, 3.63) is 47.8 Å². The summed E-state index contributed by atoms with van der Waals surface area (Å²) in [6.07, 6.45) is 1.66. The fourth-order valence-electron chi connectivity index (χ4n) is 1.37. The Morgan fingerprint density at radius 3 is 2.65 bits per heavy atom. The van der Waals surface area contributed by atoms with Crippen LogP contribution in [0.3, 0.4) is 0 Å². The highest BCUT2D eigenvalue weighted by atomic mass is 16.5. The summed E-state index contributed by atoms with van der Waals surface area (Å²) < 4.78 is 6.11. The first kappa shape index (κ1) is 10.9. The van der Waals surface area contributed by atoms with Crippen LogP contribution < -0.4 is 0 Å². The quantitative estimate of drug-likeness (QED) is 0.729. The Bertz CT molecular complexity index is 579. The van der Waals surface area contributed by atoms with Crippen LogP contribution in [0.5, 0.6) is 0 Å². The standard InChI is InChI=1S/C12H9N3O2/c1-17-12(16)11-6-7-15(14-11)10-4-2-9(8-13)3-5-10/h2-7H,1H3. The maximum absolute atomic E-state index is 11.2. The number of methoxy groups -OCH3 is 1. The number of carbonyl (C=O) groups excluding carboxylic acids is 1. The molecule has 1 heterocycles. The molecule has 5 heteroatoms. The van der Waals surface area contributed by atoms with Gasteiger partial charge in [-0.3, -0.25) is 0 Å². The van der Waals surface area contributed by atoms with Crippen LogP contribution in [0.25, 0.3) is 5.69 Å². The van der Waals surface area contributed by atoms with Gasteiger partial charge in [0.15, 0.2) is 5.69 Å². The Balaban J connectivity index is 2.31. The number of ether oxygens (including phenoxy) is 1. The summed E-state index contributed by atoms with van der Waals surface area (Å²) in [6, 6.07) is 10.5. The van der Waals surface area contributed by atoms with E-state index < -0.39 is 5.97 Å². The number of benzene rings is 1. The van der Waals surface area contributed by atoms with E-state index in [-0.39, 0.29) is 5.69 Å². The van der Waals surface area contributed by atoms with E-state index in [1.54, 1.807) is 41.2 Å². The Labute approximate surface area is 97.9 Å². The highest BCUT2D eigenvalue weighted by Gasteiger charge is 2.09. The molecule has 0 unspecified atom stereocenters. The molecule has 0 radical (unpaired) electrons. The van der Waals surface area contributed by atoms with Gasteiger partial charge in [-0.2, -0.15) is 10.4 Å². The van der Waals surface area contributed by atoms with E-state index in [4.69, 9.17) is 5.26 Å². The van der Waals surface area contributed by atoms with E-state index in [1.165, 1.54) is 7.11 Å². The predicted molar refractivity (Wildman–Crippen MR) is 59.6 cm³/mol. The molecule has 2 rings (SSSR count). The van der Waals surface area contributed by atoms with Gasteiger partial charge < -0.3 is 4.74 Å². The third-order valence-electron chi connectivity index (χ3n) is 2.24. The summed E-state index contributed by atoms with van der Waals surface area (Å²) in [5, 5.41) is 12.7. The van der Waals surface area contributed by atoms with Crippen molar-refractivity contribution in [3.63, 3.8) is 0 Å². The summed E-state index contributed by atoms with van der Waals surface area (Å²) in [7, 11) is 1.31. The third-order valence-corrected chi connectivity index (χ3v) is 2.24. The maximum Gasteiger partial charge on any atom is 0.358 e. The topological polar surface area (TPSA) is 67.9 Å². The summed E-state index contributed by atoms with van der Waals surface area (Å²) in [5.74, 6) is -0.475. The molecule has 5 nitrogen and oxygen atoms in total. The van der Waals surface area contributed by atoms with Crippen molar-refractivity contribution in [2.24, 2.45) is 0 Å². The van der Waals surface area contributed by atoms with Crippen molar-refractivity contribution in [3.8, 4) is 11.8 Å². The number of hydrogen-bond acceptors (Lipinski definition) is 4. The van der Waals surface area contributed by atoms with Crippen molar-refractivity contribution in [1.82, 2.24) is 9.78 Å². The van der Waals surface area contributed by atoms with Crippen molar-refractivity contribution in [1.29, 1.82) is 5.26 Å². The summed E-state index contributed by atoms with van der Waals surface area (Å²) in [6.45, 7) is 0. The van der Waals surface area contributed by atoms with Gasteiger partial charge in [0.2, 0.25) is 0 Å². The Morgan fingerprint density at radius 2 is 2.06 bits per heavy atom. The lowest BCUT2D eigenvalue weighted by molar-refractivity contribution is 0.0593. The second-order valence-electron chi connectivity index (χ2n) is 3.30. The fourth-order valence-corrected chi connectivity index (χ4v) is 1.37. The van der Waals surface area contributed by atoms with Crippen LogP contribution >= 0.6 is 0 Å². The zero-order valence-electron chi connectivity index (χ0n) is 9.12. The minimum Gasteiger partial charge on any atom is -0.464 e. The molecule has 0 bridgehead atoms. The van der Waals surface area contributed by atoms with Crippen LogP contribution in [0.15, 0.2) is 36.5 Å². The number of aromatic nitrogens is 2. The third kappa shape index (κ3) is 2.16. The number of nitrogens with zero attached hydrogens (tertiary/aromatic N) is 3. The number of rotatable bonds is 2. The molecule has 0 spiro atoms. The highest BCUT2D eigenvalue weighted by Crippen LogP contribution is 2.09. The molecule has 2 aromatic rings. The SMILES string of the molecule is COC(=O)c1ccn(-c2ccc(C#N)cc2)n1. The molecule has 0 atom stereocenters. The second-order valence-corrected chi connectivity index (χ2v) is 3.30.